The van der Waals surface area contributed by atoms with Gasteiger partial charge in [0.15, 0.2) is 0 Å². The molecule has 3 aromatic rings. The number of nitrogens with zero attached hydrogens (tertiary/aromatic N) is 3. The zero-order chi connectivity index (χ0) is 22.3. The number of fused-ring (bicyclic) bond motifs is 1. The van der Waals surface area contributed by atoms with Gasteiger partial charge in [-0.1, -0.05) is 13.0 Å². The van der Waals surface area contributed by atoms with Crippen LogP contribution in [0.3, 0.4) is 0 Å². The van der Waals surface area contributed by atoms with Crippen molar-refractivity contribution >= 4 is 39.1 Å². The molecule has 0 aliphatic carbocycles. The smallest absolute Gasteiger partial charge is 0.313 e. The SMILES string of the molecule is Cc1cc(NC(=O)C(=O)N2C[C@H](C)C(F)(F)C[C@H]2c2ccc3scnc3c2)cnc1C. The molecular weight excluding hydrogens is 422 g/mol. The monoisotopic (exact) mass is 444 g/mol. The third-order valence-corrected chi connectivity index (χ3v) is 6.64. The minimum Gasteiger partial charge on any atom is -0.327 e. The lowest BCUT2D eigenvalue weighted by Crippen LogP contribution is -2.52. The quantitative estimate of drug-likeness (QED) is 0.591. The van der Waals surface area contributed by atoms with Gasteiger partial charge < -0.3 is 10.2 Å². The highest BCUT2D eigenvalue weighted by Crippen LogP contribution is 2.43. The molecule has 9 heteroatoms. The number of alkyl halides is 2. The van der Waals surface area contributed by atoms with Gasteiger partial charge in [0.2, 0.25) is 0 Å². The maximum absolute atomic E-state index is 14.6. The van der Waals surface area contributed by atoms with Crippen LogP contribution in [-0.4, -0.2) is 39.1 Å². The third-order valence-electron chi connectivity index (χ3n) is 5.83. The fourth-order valence-corrected chi connectivity index (χ4v) is 4.41. The van der Waals surface area contributed by atoms with E-state index in [1.54, 1.807) is 23.7 Å². The van der Waals surface area contributed by atoms with Crippen molar-refractivity contribution in [3.63, 3.8) is 0 Å². The highest BCUT2D eigenvalue weighted by atomic mass is 32.1. The fourth-order valence-electron chi connectivity index (χ4n) is 3.76. The molecule has 31 heavy (non-hydrogen) atoms. The molecule has 0 spiro atoms. The third kappa shape index (κ3) is 4.14. The molecule has 6 nitrogen and oxygen atoms in total. The summed E-state index contributed by atoms with van der Waals surface area (Å²) in [5, 5.41) is 2.55. The molecule has 2 amide bonds. The summed E-state index contributed by atoms with van der Waals surface area (Å²) in [7, 11) is 0. The number of nitrogens with one attached hydrogen (secondary N) is 1. The Morgan fingerprint density at radius 3 is 2.74 bits per heavy atom. The van der Waals surface area contributed by atoms with E-state index >= 15 is 0 Å². The molecule has 1 aromatic carbocycles. The van der Waals surface area contributed by atoms with Crippen LogP contribution in [0, 0.1) is 19.8 Å². The second-order valence-electron chi connectivity index (χ2n) is 8.00. The topological polar surface area (TPSA) is 75.2 Å². The Labute approximate surface area is 182 Å². The van der Waals surface area contributed by atoms with Crippen molar-refractivity contribution in [2.45, 2.75) is 39.2 Å². The molecule has 2 aromatic heterocycles. The number of aromatic nitrogens is 2. The normalized spacial score (nSPS) is 20.6. The van der Waals surface area contributed by atoms with Gasteiger partial charge >= 0.3 is 11.8 Å². The summed E-state index contributed by atoms with van der Waals surface area (Å²) in [5.74, 6) is -5.73. The first kappa shape index (κ1) is 21.3. The molecule has 1 fully saturated rings. The minimum absolute atomic E-state index is 0.218. The van der Waals surface area contributed by atoms with Crippen molar-refractivity contribution < 1.29 is 18.4 Å². The van der Waals surface area contributed by atoms with Gasteiger partial charge in [-0.2, -0.15) is 0 Å². The number of likely N-dealkylation sites (tertiary alicyclic amines) is 1. The summed E-state index contributed by atoms with van der Waals surface area (Å²) < 4.78 is 30.1. The Morgan fingerprint density at radius 2 is 2.00 bits per heavy atom. The zero-order valence-corrected chi connectivity index (χ0v) is 18.2. The van der Waals surface area contributed by atoms with Crippen LogP contribution in [0.5, 0.6) is 0 Å². The molecule has 162 valence electrons. The Kier molecular flexibility index (Phi) is 5.47. The van der Waals surface area contributed by atoms with E-state index in [9.17, 15) is 18.4 Å². The summed E-state index contributed by atoms with van der Waals surface area (Å²) in [6, 6.07) is 6.04. The Hall–Kier alpha value is -2.94. The lowest BCUT2D eigenvalue weighted by Gasteiger charge is -2.42. The van der Waals surface area contributed by atoms with Crippen LogP contribution in [-0.2, 0) is 9.59 Å². The Bertz CT molecular complexity index is 1160. The number of amides is 2. The van der Waals surface area contributed by atoms with Crippen LogP contribution in [0.4, 0.5) is 14.5 Å². The van der Waals surface area contributed by atoms with Gasteiger partial charge in [-0.25, -0.2) is 13.8 Å². The number of anilines is 1. The number of halogens is 2. The molecule has 1 aliphatic heterocycles. The van der Waals surface area contributed by atoms with Crippen molar-refractivity contribution in [3.05, 3.63) is 52.8 Å². The number of carbonyl (C=O) groups is 2. The molecule has 0 bridgehead atoms. The van der Waals surface area contributed by atoms with E-state index in [0.717, 1.165) is 16.0 Å². The van der Waals surface area contributed by atoms with E-state index in [0.29, 0.717) is 16.8 Å². The maximum atomic E-state index is 14.6. The lowest BCUT2D eigenvalue weighted by molar-refractivity contribution is -0.159. The van der Waals surface area contributed by atoms with E-state index < -0.39 is 36.1 Å². The standard InChI is InChI=1S/C22H22F2N4O2S/c1-12-6-16(9-25-14(12)3)27-20(29)21(30)28-10-13(2)22(23,24)8-18(28)15-4-5-19-17(7-15)26-11-31-19/h4-7,9,11,13,18H,8,10H2,1-3H3,(H,27,29)/t13-,18-/m0/s1. The molecule has 0 unspecified atom stereocenters. The number of piperidine rings is 1. The summed E-state index contributed by atoms with van der Waals surface area (Å²) in [4.78, 5) is 35.4. The van der Waals surface area contributed by atoms with Crippen LogP contribution in [0.1, 0.15) is 36.2 Å². The lowest BCUT2D eigenvalue weighted by atomic mass is 9.86. The van der Waals surface area contributed by atoms with Gasteiger partial charge in [0.25, 0.3) is 5.92 Å². The van der Waals surface area contributed by atoms with Crippen LogP contribution in [0.25, 0.3) is 10.2 Å². The van der Waals surface area contributed by atoms with Gasteiger partial charge in [0.1, 0.15) is 0 Å². The fraction of sp³-hybridized carbons (Fsp3) is 0.364. The molecule has 4 rings (SSSR count). The first-order valence-electron chi connectivity index (χ1n) is 9.92. The number of pyridine rings is 1. The van der Waals surface area contributed by atoms with E-state index in [-0.39, 0.29) is 6.54 Å². The van der Waals surface area contributed by atoms with Crippen LogP contribution < -0.4 is 5.32 Å². The number of hydrogen-bond donors (Lipinski definition) is 1. The highest BCUT2D eigenvalue weighted by molar-refractivity contribution is 7.16. The summed E-state index contributed by atoms with van der Waals surface area (Å²) >= 11 is 1.45. The largest absolute Gasteiger partial charge is 0.327 e. The number of hydrogen-bond acceptors (Lipinski definition) is 5. The predicted molar refractivity (Wildman–Crippen MR) is 115 cm³/mol. The van der Waals surface area contributed by atoms with Gasteiger partial charge in [-0.05, 0) is 43.2 Å². The van der Waals surface area contributed by atoms with Crippen molar-refractivity contribution in [2.75, 3.05) is 11.9 Å². The molecule has 1 N–H and O–H groups in total. The number of thiazole rings is 1. The van der Waals surface area contributed by atoms with Gasteiger partial charge in [-0.3, -0.25) is 14.6 Å². The van der Waals surface area contributed by atoms with Gasteiger partial charge in [0.05, 0.1) is 33.7 Å². The van der Waals surface area contributed by atoms with Crippen LogP contribution in [0.2, 0.25) is 0 Å². The Balaban J connectivity index is 1.62. The number of rotatable bonds is 2. The molecule has 1 saturated heterocycles. The number of aryl methyl sites for hydroxylation is 2. The van der Waals surface area contributed by atoms with Gasteiger partial charge in [-0.15, -0.1) is 11.3 Å². The molecule has 3 heterocycles. The van der Waals surface area contributed by atoms with Crippen molar-refractivity contribution in [3.8, 4) is 0 Å². The van der Waals surface area contributed by atoms with Crippen LogP contribution in [0.15, 0.2) is 36.0 Å². The summed E-state index contributed by atoms with van der Waals surface area (Å²) in [5.41, 5.74) is 4.97. The number of benzene rings is 1. The molecule has 0 radical (unpaired) electrons. The summed E-state index contributed by atoms with van der Waals surface area (Å²) in [6.07, 6.45) is 0.919. The zero-order valence-electron chi connectivity index (χ0n) is 17.4. The average molecular weight is 445 g/mol. The van der Waals surface area contributed by atoms with Crippen molar-refractivity contribution in [2.24, 2.45) is 5.92 Å². The Morgan fingerprint density at radius 1 is 1.23 bits per heavy atom. The summed E-state index contributed by atoms with van der Waals surface area (Å²) in [6.45, 7) is 4.86. The predicted octanol–water partition coefficient (Wildman–Crippen LogP) is 4.49. The highest BCUT2D eigenvalue weighted by Gasteiger charge is 2.48. The van der Waals surface area contributed by atoms with Gasteiger partial charge in [0, 0.05) is 24.6 Å². The molecular formula is C22H22F2N4O2S. The van der Waals surface area contributed by atoms with E-state index in [2.05, 4.69) is 15.3 Å². The van der Waals surface area contributed by atoms with E-state index in [4.69, 9.17) is 0 Å². The molecule has 0 saturated carbocycles. The van der Waals surface area contributed by atoms with E-state index in [1.165, 1.54) is 29.4 Å². The maximum Gasteiger partial charge on any atom is 0.313 e. The molecule has 2 atom stereocenters. The first-order valence-corrected chi connectivity index (χ1v) is 10.8. The second kappa shape index (κ2) is 7.96. The van der Waals surface area contributed by atoms with Crippen molar-refractivity contribution in [1.29, 1.82) is 0 Å². The number of carbonyl (C=O) groups excluding carboxylic acids is 2. The van der Waals surface area contributed by atoms with Crippen molar-refractivity contribution in [1.82, 2.24) is 14.9 Å². The first-order chi connectivity index (χ1) is 14.7. The average Bonchev–Trinajstić information content (AvgIpc) is 3.19. The molecule has 1 aliphatic rings. The van der Waals surface area contributed by atoms with E-state index in [1.807, 2.05) is 19.9 Å². The second-order valence-corrected chi connectivity index (χ2v) is 8.89. The van der Waals surface area contributed by atoms with Crippen LogP contribution >= 0.6 is 11.3 Å². The minimum atomic E-state index is -2.95.